The third kappa shape index (κ3) is 5.79. The van der Waals surface area contributed by atoms with Gasteiger partial charge in [-0.25, -0.2) is 0 Å². The molecule has 0 saturated carbocycles. The third-order valence-electron chi connectivity index (χ3n) is 5.88. The molecular formula is C27H29N3O3. The molecule has 1 N–H and O–H groups in total. The molecule has 1 aliphatic heterocycles. The number of para-hydroxylation sites is 1. The maximum atomic E-state index is 13.4. The molecule has 0 atom stereocenters. The first-order valence-corrected chi connectivity index (χ1v) is 11.2. The van der Waals surface area contributed by atoms with Crippen molar-refractivity contribution in [2.24, 2.45) is 0 Å². The van der Waals surface area contributed by atoms with Crippen molar-refractivity contribution in [1.29, 1.82) is 0 Å². The minimum absolute atomic E-state index is 0.0507. The fourth-order valence-corrected chi connectivity index (χ4v) is 4.05. The van der Waals surface area contributed by atoms with Crippen LogP contribution in [0.1, 0.15) is 32.7 Å². The summed E-state index contributed by atoms with van der Waals surface area (Å²) < 4.78 is 5.24. The fraction of sp³-hybridized carbons (Fsp3) is 0.259. The lowest BCUT2D eigenvalue weighted by atomic mass is 10.1. The number of hydrogen-bond donors (Lipinski definition) is 1. The molecule has 3 aromatic carbocycles. The van der Waals surface area contributed by atoms with E-state index in [2.05, 4.69) is 22.3 Å². The Morgan fingerprint density at radius 1 is 0.848 bits per heavy atom. The highest BCUT2D eigenvalue weighted by Crippen LogP contribution is 2.20. The van der Waals surface area contributed by atoms with Gasteiger partial charge in [-0.05, 0) is 48.4 Å². The Hall–Kier alpha value is -3.64. The molecule has 0 aromatic heterocycles. The van der Waals surface area contributed by atoms with Crippen molar-refractivity contribution in [3.05, 3.63) is 95.6 Å². The molecule has 1 heterocycles. The van der Waals surface area contributed by atoms with Crippen molar-refractivity contribution in [2.75, 3.05) is 38.6 Å². The summed E-state index contributed by atoms with van der Waals surface area (Å²) in [4.78, 5) is 30.3. The zero-order valence-electron chi connectivity index (χ0n) is 18.9. The molecule has 4 rings (SSSR count). The van der Waals surface area contributed by atoms with E-state index in [1.54, 1.807) is 31.4 Å². The molecule has 6 nitrogen and oxygen atoms in total. The monoisotopic (exact) mass is 443 g/mol. The van der Waals surface area contributed by atoms with Crippen molar-refractivity contribution >= 4 is 17.5 Å². The molecule has 2 amide bonds. The lowest BCUT2D eigenvalue weighted by molar-refractivity contribution is 0.0762. The number of amides is 2. The molecule has 1 aliphatic rings. The molecule has 33 heavy (non-hydrogen) atoms. The second kappa shape index (κ2) is 10.8. The topological polar surface area (TPSA) is 61.9 Å². The SMILES string of the molecule is COc1ccc(CN2CCCN(C(=O)c3ccccc3NC(=O)c3ccccc3)CC2)cc1. The van der Waals surface area contributed by atoms with Gasteiger partial charge in [0.25, 0.3) is 11.8 Å². The average molecular weight is 444 g/mol. The summed E-state index contributed by atoms with van der Waals surface area (Å²) in [7, 11) is 1.67. The summed E-state index contributed by atoms with van der Waals surface area (Å²) >= 11 is 0. The second-order valence-corrected chi connectivity index (χ2v) is 8.14. The summed E-state index contributed by atoms with van der Waals surface area (Å²) in [6.45, 7) is 3.92. The number of nitrogens with zero attached hydrogens (tertiary/aromatic N) is 2. The van der Waals surface area contributed by atoms with Crippen LogP contribution in [0.3, 0.4) is 0 Å². The van der Waals surface area contributed by atoms with Gasteiger partial charge >= 0.3 is 0 Å². The molecule has 170 valence electrons. The van der Waals surface area contributed by atoms with Gasteiger partial charge in [0, 0.05) is 38.3 Å². The van der Waals surface area contributed by atoms with Gasteiger partial charge in [-0.3, -0.25) is 14.5 Å². The highest BCUT2D eigenvalue weighted by Gasteiger charge is 2.23. The highest BCUT2D eigenvalue weighted by atomic mass is 16.5. The molecule has 1 saturated heterocycles. The number of rotatable bonds is 6. The molecule has 3 aromatic rings. The van der Waals surface area contributed by atoms with Gasteiger partial charge in [-0.15, -0.1) is 0 Å². The summed E-state index contributed by atoms with van der Waals surface area (Å²) in [6, 6.07) is 24.4. The van der Waals surface area contributed by atoms with Crippen LogP contribution < -0.4 is 10.1 Å². The van der Waals surface area contributed by atoms with E-state index in [-0.39, 0.29) is 11.8 Å². The van der Waals surface area contributed by atoms with Crippen molar-refractivity contribution < 1.29 is 14.3 Å². The summed E-state index contributed by atoms with van der Waals surface area (Å²) in [5.41, 5.74) is 2.84. The third-order valence-corrected chi connectivity index (χ3v) is 5.88. The number of nitrogens with one attached hydrogen (secondary N) is 1. The van der Waals surface area contributed by atoms with Crippen molar-refractivity contribution in [1.82, 2.24) is 9.80 Å². The lowest BCUT2D eigenvalue weighted by Gasteiger charge is -2.23. The van der Waals surface area contributed by atoms with Crippen LogP contribution in [0.2, 0.25) is 0 Å². The maximum Gasteiger partial charge on any atom is 0.256 e. The second-order valence-electron chi connectivity index (χ2n) is 8.14. The number of anilines is 1. The predicted molar refractivity (Wildman–Crippen MR) is 130 cm³/mol. The fourth-order valence-electron chi connectivity index (χ4n) is 4.05. The zero-order valence-corrected chi connectivity index (χ0v) is 18.9. The lowest BCUT2D eigenvalue weighted by Crippen LogP contribution is -2.35. The normalized spacial score (nSPS) is 14.4. The van der Waals surface area contributed by atoms with E-state index >= 15 is 0 Å². The summed E-state index contributed by atoms with van der Waals surface area (Å²) in [5, 5.41) is 2.91. The molecular weight excluding hydrogens is 414 g/mol. The molecule has 1 fully saturated rings. The van der Waals surface area contributed by atoms with E-state index in [9.17, 15) is 9.59 Å². The van der Waals surface area contributed by atoms with Crippen LogP contribution in [0.25, 0.3) is 0 Å². The molecule has 0 radical (unpaired) electrons. The van der Waals surface area contributed by atoms with Crippen LogP contribution in [0, 0.1) is 0 Å². The minimum Gasteiger partial charge on any atom is -0.497 e. The van der Waals surface area contributed by atoms with Gasteiger partial charge in [0.15, 0.2) is 0 Å². The maximum absolute atomic E-state index is 13.4. The van der Waals surface area contributed by atoms with Gasteiger partial charge in [0.2, 0.25) is 0 Å². The smallest absolute Gasteiger partial charge is 0.256 e. The zero-order chi connectivity index (χ0) is 23.0. The quantitative estimate of drug-likeness (QED) is 0.617. The van der Waals surface area contributed by atoms with Crippen molar-refractivity contribution in [3.8, 4) is 5.75 Å². The molecule has 0 spiro atoms. The molecule has 0 bridgehead atoms. The van der Waals surface area contributed by atoms with E-state index in [0.717, 1.165) is 31.8 Å². The first kappa shape index (κ1) is 22.6. The van der Waals surface area contributed by atoms with Gasteiger partial charge in [-0.2, -0.15) is 0 Å². The molecule has 0 aliphatic carbocycles. The number of hydrogen-bond acceptors (Lipinski definition) is 4. The number of carbonyl (C=O) groups excluding carboxylic acids is 2. The predicted octanol–water partition coefficient (Wildman–Crippen LogP) is 4.30. The largest absolute Gasteiger partial charge is 0.497 e. The van der Waals surface area contributed by atoms with Gasteiger partial charge in [0.1, 0.15) is 5.75 Å². The Bertz CT molecular complexity index is 1080. The first-order valence-electron chi connectivity index (χ1n) is 11.2. The Balaban J connectivity index is 1.40. The van der Waals surface area contributed by atoms with E-state index in [1.807, 2.05) is 47.4 Å². The van der Waals surface area contributed by atoms with E-state index < -0.39 is 0 Å². The average Bonchev–Trinajstić information content (AvgIpc) is 3.10. The highest BCUT2D eigenvalue weighted by molar-refractivity contribution is 6.09. The van der Waals surface area contributed by atoms with Crippen molar-refractivity contribution in [2.45, 2.75) is 13.0 Å². The number of carbonyl (C=O) groups is 2. The van der Waals surface area contributed by atoms with Crippen LogP contribution in [0.4, 0.5) is 5.69 Å². The van der Waals surface area contributed by atoms with Crippen LogP contribution in [-0.4, -0.2) is 54.9 Å². The van der Waals surface area contributed by atoms with Gasteiger partial charge in [0.05, 0.1) is 18.4 Å². The number of methoxy groups -OCH3 is 1. The van der Waals surface area contributed by atoms with Crippen LogP contribution >= 0.6 is 0 Å². The summed E-state index contributed by atoms with van der Waals surface area (Å²) in [5.74, 6) is 0.576. The van der Waals surface area contributed by atoms with E-state index in [0.29, 0.717) is 29.9 Å². The Kier molecular flexibility index (Phi) is 7.37. The van der Waals surface area contributed by atoms with Crippen molar-refractivity contribution in [3.63, 3.8) is 0 Å². The molecule has 6 heteroatoms. The molecule has 0 unspecified atom stereocenters. The Labute approximate surface area is 194 Å². The van der Waals surface area contributed by atoms with Gasteiger partial charge < -0.3 is 15.0 Å². The minimum atomic E-state index is -0.225. The van der Waals surface area contributed by atoms with Crippen LogP contribution in [0.5, 0.6) is 5.75 Å². The Morgan fingerprint density at radius 3 is 2.33 bits per heavy atom. The summed E-state index contributed by atoms with van der Waals surface area (Å²) in [6.07, 6.45) is 0.903. The standard InChI is InChI=1S/C27H29N3O3/c1-33-23-14-12-21(13-15-23)20-29-16-7-17-30(19-18-29)27(32)24-10-5-6-11-25(24)28-26(31)22-8-3-2-4-9-22/h2-6,8-15H,7,16-20H2,1H3,(H,28,31). The van der Waals surface area contributed by atoms with E-state index in [4.69, 9.17) is 4.74 Å². The Morgan fingerprint density at radius 2 is 1.58 bits per heavy atom. The van der Waals surface area contributed by atoms with E-state index in [1.165, 1.54) is 5.56 Å². The van der Waals surface area contributed by atoms with Crippen LogP contribution in [-0.2, 0) is 6.54 Å². The van der Waals surface area contributed by atoms with Gasteiger partial charge in [-0.1, -0.05) is 42.5 Å². The first-order chi connectivity index (χ1) is 16.1. The van der Waals surface area contributed by atoms with Crippen LogP contribution in [0.15, 0.2) is 78.9 Å². The number of ether oxygens (including phenoxy) is 1. The number of benzene rings is 3.